The highest BCUT2D eigenvalue weighted by molar-refractivity contribution is 5.03. The molecule has 1 heterocycles. The molecule has 0 saturated heterocycles. The molecule has 1 aromatic rings. The van der Waals surface area contributed by atoms with Crippen molar-refractivity contribution in [2.45, 2.75) is 63.6 Å². The summed E-state index contributed by atoms with van der Waals surface area (Å²) >= 11 is 0. The molecule has 19 heavy (non-hydrogen) atoms. The van der Waals surface area contributed by atoms with E-state index >= 15 is 0 Å². The number of hydrogen-bond donors (Lipinski definition) is 1. The Labute approximate surface area is 116 Å². The van der Waals surface area contributed by atoms with Crippen molar-refractivity contribution in [1.82, 2.24) is 14.5 Å². The smallest absolute Gasteiger partial charge is 0.111 e. The first-order valence-corrected chi connectivity index (χ1v) is 7.45. The lowest BCUT2D eigenvalue weighted by molar-refractivity contribution is -0.0322. The summed E-state index contributed by atoms with van der Waals surface area (Å²) in [5.41, 5.74) is -0.0667. The van der Waals surface area contributed by atoms with Gasteiger partial charge in [-0.25, -0.2) is 4.98 Å². The molecule has 1 saturated carbocycles. The van der Waals surface area contributed by atoms with Gasteiger partial charge in [0.2, 0.25) is 0 Å². The normalized spacial score (nSPS) is 20.7. The summed E-state index contributed by atoms with van der Waals surface area (Å²) in [4.78, 5) is 6.63. The minimum Gasteiger partial charge on any atom is -0.391 e. The van der Waals surface area contributed by atoms with Gasteiger partial charge >= 0.3 is 0 Å². The van der Waals surface area contributed by atoms with Gasteiger partial charge < -0.3 is 14.6 Å². The summed E-state index contributed by atoms with van der Waals surface area (Å²) in [6.07, 6.45) is 10.1. The molecule has 108 valence electrons. The fourth-order valence-electron chi connectivity index (χ4n) is 3.42. The Bertz CT molecular complexity index is 394. The first-order valence-electron chi connectivity index (χ1n) is 7.45. The van der Waals surface area contributed by atoms with Gasteiger partial charge in [0, 0.05) is 30.9 Å². The molecular weight excluding hydrogens is 238 g/mol. The van der Waals surface area contributed by atoms with Gasteiger partial charge in [-0.3, -0.25) is 0 Å². The second-order valence-electron chi connectivity index (χ2n) is 5.91. The van der Waals surface area contributed by atoms with E-state index in [-0.39, 0.29) is 11.6 Å². The lowest BCUT2D eigenvalue weighted by atomic mass is 9.75. The molecule has 1 aliphatic carbocycles. The Morgan fingerprint density at radius 2 is 2.05 bits per heavy atom. The summed E-state index contributed by atoms with van der Waals surface area (Å²) in [7, 11) is 4.20. The molecule has 0 aliphatic heterocycles. The van der Waals surface area contributed by atoms with Gasteiger partial charge in [0.25, 0.3) is 0 Å². The molecule has 1 fully saturated rings. The van der Waals surface area contributed by atoms with Crippen LogP contribution in [0.15, 0.2) is 12.4 Å². The van der Waals surface area contributed by atoms with Crippen LogP contribution in [0.1, 0.15) is 44.9 Å². The summed E-state index contributed by atoms with van der Waals surface area (Å²) in [5, 5.41) is 10.8. The van der Waals surface area contributed by atoms with Crippen molar-refractivity contribution in [2.75, 3.05) is 14.1 Å². The molecular formula is C15H27N3O. The molecule has 1 unspecified atom stereocenters. The van der Waals surface area contributed by atoms with Gasteiger partial charge in [-0.1, -0.05) is 19.3 Å². The third-order valence-corrected chi connectivity index (χ3v) is 4.75. The van der Waals surface area contributed by atoms with Crippen LogP contribution in [0, 0.1) is 0 Å². The van der Waals surface area contributed by atoms with Gasteiger partial charge in [-0.05, 0) is 33.9 Å². The Balaban J connectivity index is 2.14. The zero-order valence-corrected chi connectivity index (χ0v) is 12.5. The number of rotatable bonds is 5. The van der Waals surface area contributed by atoms with E-state index in [9.17, 15) is 5.11 Å². The predicted molar refractivity (Wildman–Crippen MR) is 77.1 cm³/mol. The number of aromatic nitrogens is 2. The third kappa shape index (κ3) is 2.84. The molecule has 0 radical (unpaired) electrons. The van der Waals surface area contributed by atoms with Crippen LogP contribution in [0.4, 0.5) is 0 Å². The average Bonchev–Trinajstić information content (AvgIpc) is 2.86. The van der Waals surface area contributed by atoms with Crippen LogP contribution >= 0.6 is 0 Å². The maximum absolute atomic E-state index is 10.8. The summed E-state index contributed by atoms with van der Waals surface area (Å²) < 4.78 is 2.12. The minimum atomic E-state index is -0.338. The lowest BCUT2D eigenvalue weighted by Gasteiger charge is -2.46. The lowest BCUT2D eigenvalue weighted by Crippen LogP contribution is -2.55. The molecule has 1 aliphatic rings. The Hall–Kier alpha value is -0.870. The largest absolute Gasteiger partial charge is 0.391 e. The second kappa shape index (κ2) is 6.06. The minimum absolute atomic E-state index is 0.0667. The van der Waals surface area contributed by atoms with Crippen LogP contribution in [0.5, 0.6) is 0 Å². The van der Waals surface area contributed by atoms with Crippen LogP contribution in [0.3, 0.4) is 0 Å². The number of aryl methyl sites for hydroxylation is 1. The van der Waals surface area contributed by atoms with Crippen molar-refractivity contribution in [3.8, 4) is 0 Å². The fraction of sp³-hybridized carbons (Fsp3) is 0.800. The molecule has 4 nitrogen and oxygen atoms in total. The maximum Gasteiger partial charge on any atom is 0.111 e. The van der Waals surface area contributed by atoms with E-state index in [0.717, 1.165) is 25.2 Å². The summed E-state index contributed by atoms with van der Waals surface area (Å²) in [5.74, 6) is 1.00. The number of likely N-dealkylation sites (N-methyl/N-ethyl adjacent to an activating group) is 1. The van der Waals surface area contributed by atoms with Crippen molar-refractivity contribution in [3.63, 3.8) is 0 Å². The van der Waals surface area contributed by atoms with Crippen molar-refractivity contribution >= 4 is 0 Å². The van der Waals surface area contributed by atoms with Crippen molar-refractivity contribution in [3.05, 3.63) is 18.2 Å². The Kier molecular flexibility index (Phi) is 4.63. The third-order valence-electron chi connectivity index (χ3n) is 4.75. The van der Waals surface area contributed by atoms with E-state index in [4.69, 9.17) is 0 Å². The van der Waals surface area contributed by atoms with Gasteiger partial charge in [-0.2, -0.15) is 0 Å². The molecule has 1 aromatic heterocycles. The fourth-order valence-corrected chi connectivity index (χ4v) is 3.42. The van der Waals surface area contributed by atoms with E-state index in [2.05, 4.69) is 35.5 Å². The van der Waals surface area contributed by atoms with E-state index < -0.39 is 0 Å². The quantitative estimate of drug-likeness (QED) is 0.886. The monoisotopic (exact) mass is 265 g/mol. The maximum atomic E-state index is 10.8. The molecule has 0 amide bonds. The zero-order valence-electron chi connectivity index (χ0n) is 12.5. The standard InChI is InChI=1S/C15H27N3O/c1-4-18-11-10-16-14(18)12-13(19)15(17(2)3)8-6-5-7-9-15/h10-11,13,19H,4-9,12H2,1-3H3. The average molecular weight is 265 g/mol. The second-order valence-corrected chi connectivity index (χ2v) is 5.91. The first kappa shape index (κ1) is 14.5. The molecule has 0 bridgehead atoms. The van der Waals surface area contributed by atoms with E-state index in [0.29, 0.717) is 6.42 Å². The summed E-state index contributed by atoms with van der Waals surface area (Å²) in [6.45, 7) is 3.02. The van der Waals surface area contributed by atoms with E-state index in [1.807, 2.05) is 12.4 Å². The molecule has 0 spiro atoms. The molecule has 0 aromatic carbocycles. The topological polar surface area (TPSA) is 41.3 Å². The molecule has 1 atom stereocenters. The van der Waals surface area contributed by atoms with Crippen LogP contribution in [0.2, 0.25) is 0 Å². The van der Waals surface area contributed by atoms with Crippen LogP contribution in [0.25, 0.3) is 0 Å². The van der Waals surface area contributed by atoms with Crippen molar-refractivity contribution in [2.24, 2.45) is 0 Å². The summed E-state index contributed by atoms with van der Waals surface area (Å²) in [6, 6.07) is 0. The molecule has 4 heteroatoms. The molecule has 2 rings (SSSR count). The van der Waals surface area contributed by atoms with Gasteiger partial charge in [0.05, 0.1) is 6.10 Å². The number of aliphatic hydroxyl groups is 1. The zero-order chi connectivity index (χ0) is 13.9. The van der Waals surface area contributed by atoms with Gasteiger partial charge in [0.15, 0.2) is 0 Å². The predicted octanol–water partition coefficient (Wildman–Crippen LogP) is 2.07. The number of imidazole rings is 1. The van der Waals surface area contributed by atoms with E-state index in [1.54, 1.807) is 0 Å². The number of aliphatic hydroxyl groups excluding tert-OH is 1. The highest BCUT2D eigenvalue weighted by atomic mass is 16.3. The molecule has 1 N–H and O–H groups in total. The van der Waals surface area contributed by atoms with Crippen LogP contribution < -0.4 is 0 Å². The van der Waals surface area contributed by atoms with Crippen molar-refractivity contribution in [1.29, 1.82) is 0 Å². The van der Waals surface area contributed by atoms with Gasteiger partial charge in [0.1, 0.15) is 5.82 Å². The van der Waals surface area contributed by atoms with Crippen LogP contribution in [-0.2, 0) is 13.0 Å². The van der Waals surface area contributed by atoms with E-state index in [1.165, 1.54) is 19.3 Å². The highest BCUT2D eigenvalue weighted by Gasteiger charge is 2.41. The first-order chi connectivity index (χ1) is 9.10. The Morgan fingerprint density at radius 1 is 1.37 bits per heavy atom. The highest BCUT2D eigenvalue weighted by Crippen LogP contribution is 2.36. The van der Waals surface area contributed by atoms with Crippen molar-refractivity contribution < 1.29 is 5.11 Å². The number of hydrogen-bond acceptors (Lipinski definition) is 3. The SMILES string of the molecule is CCn1ccnc1CC(O)C1(N(C)C)CCCCC1. The Morgan fingerprint density at radius 3 is 2.63 bits per heavy atom. The van der Waals surface area contributed by atoms with Crippen LogP contribution in [-0.4, -0.2) is 45.3 Å². The number of nitrogens with zero attached hydrogens (tertiary/aromatic N) is 3. The van der Waals surface area contributed by atoms with Gasteiger partial charge in [-0.15, -0.1) is 0 Å².